The Hall–Kier alpha value is -0.870. The van der Waals surface area contributed by atoms with Crippen molar-refractivity contribution in [1.82, 2.24) is 0 Å². The molecule has 1 heterocycles. The molecule has 0 aliphatic rings. The van der Waals surface area contributed by atoms with Gasteiger partial charge in [-0.1, -0.05) is 19.9 Å². The first-order chi connectivity index (χ1) is 7.11. The van der Waals surface area contributed by atoms with E-state index in [4.69, 9.17) is 10.5 Å². The molecule has 0 saturated heterocycles. The van der Waals surface area contributed by atoms with E-state index in [1.807, 2.05) is 31.4 Å². The maximum atomic E-state index is 11.4. The van der Waals surface area contributed by atoms with Crippen molar-refractivity contribution in [3.05, 3.63) is 22.4 Å². The van der Waals surface area contributed by atoms with Gasteiger partial charge in [-0.05, 0) is 17.4 Å². The van der Waals surface area contributed by atoms with E-state index in [9.17, 15) is 4.79 Å². The summed E-state index contributed by atoms with van der Waals surface area (Å²) in [5.74, 6) is -0.180. The lowest BCUT2D eigenvalue weighted by atomic mass is 10.1. The zero-order valence-corrected chi connectivity index (χ0v) is 9.92. The van der Waals surface area contributed by atoms with Crippen molar-refractivity contribution in [2.45, 2.75) is 26.3 Å². The lowest BCUT2D eigenvalue weighted by Gasteiger charge is -2.13. The minimum Gasteiger partial charge on any atom is -0.464 e. The van der Waals surface area contributed by atoms with Crippen LogP contribution in [-0.4, -0.2) is 18.6 Å². The van der Waals surface area contributed by atoms with E-state index in [2.05, 4.69) is 0 Å². The van der Waals surface area contributed by atoms with Gasteiger partial charge in [0.25, 0.3) is 0 Å². The molecular weight excluding hydrogens is 210 g/mol. The average molecular weight is 227 g/mol. The average Bonchev–Trinajstić information content (AvgIpc) is 2.69. The Labute approximate surface area is 94.2 Å². The molecule has 0 aliphatic heterocycles. The van der Waals surface area contributed by atoms with Gasteiger partial charge in [0.2, 0.25) is 0 Å². The lowest BCUT2D eigenvalue weighted by molar-refractivity contribution is -0.146. The van der Waals surface area contributed by atoms with Gasteiger partial charge in [0.05, 0.1) is 6.61 Å². The van der Waals surface area contributed by atoms with E-state index in [0.717, 1.165) is 6.42 Å². The summed E-state index contributed by atoms with van der Waals surface area (Å²) in [5.41, 5.74) is 5.65. The number of thiophene rings is 1. The molecule has 84 valence electrons. The maximum absolute atomic E-state index is 11.4. The van der Waals surface area contributed by atoms with Crippen LogP contribution in [0.2, 0.25) is 0 Å². The second-order valence-electron chi connectivity index (χ2n) is 3.77. The molecule has 15 heavy (non-hydrogen) atoms. The van der Waals surface area contributed by atoms with Crippen molar-refractivity contribution in [1.29, 1.82) is 0 Å². The third-order valence-corrected chi connectivity index (χ3v) is 3.10. The van der Waals surface area contributed by atoms with Gasteiger partial charge in [-0.15, -0.1) is 11.3 Å². The molecule has 2 N–H and O–H groups in total. The Morgan fingerprint density at radius 2 is 2.33 bits per heavy atom. The van der Waals surface area contributed by atoms with Crippen LogP contribution < -0.4 is 5.73 Å². The van der Waals surface area contributed by atoms with Crippen LogP contribution in [0, 0.1) is 5.92 Å². The van der Waals surface area contributed by atoms with Crippen LogP contribution in [0.1, 0.15) is 18.7 Å². The second kappa shape index (κ2) is 5.88. The van der Waals surface area contributed by atoms with E-state index in [1.54, 1.807) is 11.3 Å². The summed E-state index contributed by atoms with van der Waals surface area (Å²) in [5, 5.41) is 2.01. The van der Waals surface area contributed by atoms with Gasteiger partial charge in [0.15, 0.2) is 0 Å². The summed E-state index contributed by atoms with van der Waals surface area (Å²) >= 11 is 1.67. The highest BCUT2D eigenvalue weighted by molar-refractivity contribution is 7.09. The zero-order chi connectivity index (χ0) is 11.3. The Morgan fingerprint density at radius 1 is 1.60 bits per heavy atom. The molecule has 0 aromatic carbocycles. The van der Waals surface area contributed by atoms with Gasteiger partial charge in [0.1, 0.15) is 6.04 Å². The Morgan fingerprint density at radius 3 is 2.87 bits per heavy atom. The molecule has 0 radical (unpaired) electrons. The molecule has 3 nitrogen and oxygen atoms in total. The number of carbonyl (C=O) groups excluding carboxylic acids is 1. The van der Waals surface area contributed by atoms with E-state index in [0.29, 0.717) is 6.61 Å². The normalized spacial score (nSPS) is 12.8. The largest absolute Gasteiger partial charge is 0.464 e. The first kappa shape index (κ1) is 12.2. The predicted molar refractivity (Wildman–Crippen MR) is 61.8 cm³/mol. The molecule has 0 aliphatic carbocycles. The van der Waals surface area contributed by atoms with Gasteiger partial charge in [-0.25, -0.2) is 0 Å². The highest BCUT2D eigenvalue weighted by Crippen LogP contribution is 2.09. The molecule has 0 spiro atoms. The van der Waals surface area contributed by atoms with Crippen LogP contribution in [0.25, 0.3) is 0 Å². The standard InChI is InChI=1S/C11H17NO2S/c1-8(2)10(12)11(13)14-6-5-9-4-3-7-15-9/h3-4,7-8,10H,5-6,12H2,1-2H3/t10-/m1/s1. The van der Waals surface area contributed by atoms with Crippen molar-refractivity contribution >= 4 is 17.3 Å². The highest BCUT2D eigenvalue weighted by Gasteiger charge is 2.18. The van der Waals surface area contributed by atoms with E-state index in [1.165, 1.54) is 4.88 Å². The van der Waals surface area contributed by atoms with Crippen molar-refractivity contribution in [2.75, 3.05) is 6.61 Å². The first-order valence-electron chi connectivity index (χ1n) is 5.06. The van der Waals surface area contributed by atoms with Crippen LogP contribution in [0.3, 0.4) is 0 Å². The van der Waals surface area contributed by atoms with Crippen molar-refractivity contribution < 1.29 is 9.53 Å². The Kier molecular flexibility index (Phi) is 4.78. The molecule has 0 unspecified atom stereocenters. The molecule has 0 bridgehead atoms. The molecule has 1 rings (SSSR count). The fourth-order valence-corrected chi connectivity index (χ4v) is 1.77. The fraction of sp³-hybridized carbons (Fsp3) is 0.545. The first-order valence-corrected chi connectivity index (χ1v) is 5.94. The van der Waals surface area contributed by atoms with Crippen LogP contribution in [-0.2, 0) is 16.0 Å². The molecular formula is C11H17NO2S. The van der Waals surface area contributed by atoms with Crippen molar-refractivity contribution in [2.24, 2.45) is 11.7 Å². The SMILES string of the molecule is CC(C)[C@@H](N)C(=O)OCCc1cccs1. The molecule has 0 amide bonds. The number of ether oxygens (including phenoxy) is 1. The van der Waals surface area contributed by atoms with Gasteiger partial charge in [-0.3, -0.25) is 4.79 Å². The summed E-state index contributed by atoms with van der Waals surface area (Å²) in [4.78, 5) is 12.6. The molecule has 1 aromatic heterocycles. The molecule has 1 aromatic rings. The predicted octanol–water partition coefficient (Wildman–Crippen LogP) is 1.82. The summed E-state index contributed by atoms with van der Waals surface area (Å²) in [6.45, 7) is 4.23. The van der Waals surface area contributed by atoms with E-state index >= 15 is 0 Å². The quantitative estimate of drug-likeness (QED) is 0.781. The third kappa shape index (κ3) is 4.01. The Bertz CT molecular complexity index is 296. The number of hydrogen-bond acceptors (Lipinski definition) is 4. The van der Waals surface area contributed by atoms with Gasteiger partial charge >= 0.3 is 5.97 Å². The fourth-order valence-electron chi connectivity index (χ4n) is 1.08. The van der Waals surface area contributed by atoms with Crippen molar-refractivity contribution in [3.8, 4) is 0 Å². The minimum atomic E-state index is -0.506. The van der Waals surface area contributed by atoms with Crippen LogP contribution in [0.4, 0.5) is 0 Å². The highest BCUT2D eigenvalue weighted by atomic mass is 32.1. The van der Waals surface area contributed by atoms with Crippen LogP contribution in [0.15, 0.2) is 17.5 Å². The number of esters is 1. The van der Waals surface area contributed by atoms with Gasteiger partial charge in [0, 0.05) is 11.3 Å². The molecule has 1 atom stereocenters. The number of carbonyl (C=O) groups is 1. The molecule has 0 fully saturated rings. The summed E-state index contributed by atoms with van der Waals surface area (Å²) < 4.78 is 5.08. The summed E-state index contributed by atoms with van der Waals surface area (Å²) in [7, 11) is 0. The van der Waals surface area contributed by atoms with Crippen LogP contribution in [0.5, 0.6) is 0 Å². The van der Waals surface area contributed by atoms with Crippen LogP contribution >= 0.6 is 11.3 Å². The monoisotopic (exact) mass is 227 g/mol. The number of rotatable bonds is 5. The van der Waals surface area contributed by atoms with Gasteiger partial charge < -0.3 is 10.5 Å². The molecule has 4 heteroatoms. The maximum Gasteiger partial charge on any atom is 0.323 e. The Balaban J connectivity index is 2.23. The third-order valence-electron chi connectivity index (χ3n) is 2.16. The second-order valence-corrected chi connectivity index (χ2v) is 4.80. The molecule has 0 saturated carbocycles. The van der Waals surface area contributed by atoms with Gasteiger partial charge in [-0.2, -0.15) is 0 Å². The topological polar surface area (TPSA) is 52.3 Å². The zero-order valence-electron chi connectivity index (χ0n) is 9.10. The lowest BCUT2D eigenvalue weighted by Crippen LogP contribution is -2.37. The number of nitrogens with two attached hydrogens (primary N) is 1. The van der Waals surface area contributed by atoms with Crippen molar-refractivity contribution in [3.63, 3.8) is 0 Å². The smallest absolute Gasteiger partial charge is 0.323 e. The number of hydrogen-bond donors (Lipinski definition) is 1. The minimum absolute atomic E-state index is 0.124. The summed E-state index contributed by atoms with van der Waals surface area (Å²) in [6, 6.07) is 3.51. The van der Waals surface area contributed by atoms with E-state index < -0.39 is 6.04 Å². The van der Waals surface area contributed by atoms with E-state index in [-0.39, 0.29) is 11.9 Å². The summed E-state index contributed by atoms with van der Waals surface area (Å²) in [6.07, 6.45) is 0.772.